The van der Waals surface area contributed by atoms with E-state index >= 15 is 0 Å². The molecule has 0 radical (unpaired) electrons. The van der Waals surface area contributed by atoms with Gasteiger partial charge in [-0.25, -0.2) is 0 Å². The number of carbonyl (C=O) groups excluding carboxylic acids is 1. The third-order valence-electron chi connectivity index (χ3n) is 1.40. The van der Waals surface area contributed by atoms with Crippen LogP contribution in [0.2, 0.25) is 0 Å². The molecule has 0 aliphatic rings. The van der Waals surface area contributed by atoms with Crippen LogP contribution >= 0.6 is 0 Å². The number of carbonyl (C=O) groups is 1. The van der Waals surface area contributed by atoms with Gasteiger partial charge in [-0.05, 0) is 0 Å². The van der Waals surface area contributed by atoms with Gasteiger partial charge in [-0.15, -0.1) is 0 Å². The fraction of sp³-hybridized carbons (Fsp3) is 0.625. The van der Waals surface area contributed by atoms with Crippen molar-refractivity contribution in [2.24, 2.45) is 0 Å². The van der Waals surface area contributed by atoms with E-state index in [1.54, 1.807) is 19.0 Å². The van der Waals surface area contributed by atoms with Crippen molar-refractivity contribution in [2.75, 3.05) is 14.1 Å². The van der Waals surface area contributed by atoms with E-state index in [1.165, 1.54) is 16.9 Å². The molecular weight excluding hydrogens is 201 g/mol. The number of nitrogens with zero attached hydrogens (tertiary/aromatic N) is 1. The summed E-state index contributed by atoms with van der Waals surface area (Å²) < 4.78 is 0. The van der Waals surface area contributed by atoms with Gasteiger partial charge in [0, 0.05) is 0 Å². The summed E-state index contributed by atoms with van der Waals surface area (Å²) in [5.41, 5.74) is 0.942. The Balaban J connectivity index is 4.16. The Morgan fingerprint density at radius 1 is 1.55 bits per heavy atom. The summed E-state index contributed by atoms with van der Waals surface area (Å²) in [4.78, 5) is 14.9. The van der Waals surface area contributed by atoms with Crippen molar-refractivity contribution in [3.8, 4) is 0 Å². The fourth-order valence-electron chi connectivity index (χ4n) is 0.818. The number of hydrogen-bond donors (Lipinski definition) is 0. The summed E-state index contributed by atoms with van der Waals surface area (Å²) in [5, 5.41) is 0. The number of likely N-dealkylation sites (N-methyl/N-ethyl adjacent to an activating group) is 1. The third kappa shape index (κ3) is 3.62. The van der Waals surface area contributed by atoms with Crippen LogP contribution in [0.15, 0.2) is 10.4 Å². The molecule has 0 aromatic heterocycles. The molecule has 0 aliphatic carbocycles. The molecule has 3 heteroatoms. The van der Waals surface area contributed by atoms with E-state index in [-0.39, 0.29) is 5.91 Å². The quantitative estimate of drug-likeness (QED) is 0.494. The molecule has 64 valence electrons. The summed E-state index contributed by atoms with van der Waals surface area (Å²) in [6, 6.07) is 0. The van der Waals surface area contributed by atoms with E-state index in [2.05, 4.69) is 6.92 Å². The van der Waals surface area contributed by atoms with Crippen LogP contribution in [-0.2, 0) is 4.79 Å². The molecular formula is C8H16AsNO. The fourth-order valence-corrected chi connectivity index (χ4v) is 1.47. The zero-order valence-corrected chi connectivity index (χ0v) is 9.85. The summed E-state index contributed by atoms with van der Waals surface area (Å²) in [6.45, 7) is 2.08. The normalized spacial score (nSPS) is 11.5. The van der Waals surface area contributed by atoms with E-state index in [4.69, 9.17) is 0 Å². The van der Waals surface area contributed by atoms with Crippen molar-refractivity contribution in [1.82, 2.24) is 4.90 Å². The van der Waals surface area contributed by atoms with E-state index < -0.39 is 0 Å². The van der Waals surface area contributed by atoms with E-state index in [0.717, 1.165) is 18.4 Å². The molecule has 0 rings (SSSR count). The Kier molecular flexibility index (Phi) is 5.31. The predicted octanol–water partition coefficient (Wildman–Crippen LogP) is 0.392. The molecule has 0 N–H and O–H groups in total. The van der Waals surface area contributed by atoms with Crippen LogP contribution in [0.1, 0.15) is 19.8 Å². The summed E-state index contributed by atoms with van der Waals surface area (Å²) in [6.07, 6.45) is 1.94. The molecule has 0 aliphatic heterocycles. The van der Waals surface area contributed by atoms with Gasteiger partial charge in [-0.3, -0.25) is 0 Å². The van der Waals surface area contributed by atoms with Gasteiger partial charge < -0.3 is 0 Å². The van der Waals surface area contributed by atoms with E-state index in [9.17, 15) is 4.79 Å². The molecule has 0 spiro atoms. The van der Waals surface area contributed by atoms with Crippen LogP contribution in [-0.4, -0.2) is 41.8 Å². The monoisotopic (exact) mass is 217 g/mol. The zero-order chi connectivity index (χ0) is 8.85. The Hall–Kier alpha value is -0.232. The average molecular weight is 217 g/mol. The van der Waals surface area contributed by atoms with Crippen LogP contribution in [0.4, 0.5) is 0 Å². The molecule has 1 amide bonds. The third-order valence-corrected chi connectivity index (χ3v) is 2.25. The van der Waals surface area contributed by atoms with Gasteiger partial charge in [0.1, 0.15) is 0 Å². The van der Waals surface area contributed by atoms with Crippen molar-refractivity contribution in [1.29, 1.82) is 0 Å². The van der Waals surface area contributed by atoms with Gasteiger partial charge in [0.15, 0.2) is 0 Å². The second-order valence-corrected chi connectivity index (χ2v) is 3.34. The molecule has 2 nitrogen and oxygen atoms in total. The molecule has 0 saturated carbocycles. The number of hydrogen-bond acceptors (Lipinski definition) is 1. The van der Waals surface area contributed by atoms with Crippen LogP contribution < -0.4 is 0 Å². The van der Waals surface area contributed by atoms with Crippen molar-refractivity contribution < 1.29 is 4.79 Å². The van der Waals surface area contributed by atoms with Gasteiger partial charge in [0.25, 0.3) is 0 Å². The van der Waals surface area contributed by atoms with Crippen molar-refractivity contribution in [3.05, 3.63) is 10.4 Å². The van der Waals surface area contributed by atoms with Gasteiger partial charge in [0.05, 0.1) is 0 Å². The SMILES string of the molecule is CCCC(=C[AsH2])C(=O)N(C)C. The maximum atomic E-state index is 11.3. The Bertz CT molecular complexity index is 163. The standard InChI is InChI=1S/C8H16AsNO/c1-4-5-7(6-9)8(11)10(2)3/h6H,4-5,9H2,1-3H3. The second kappa shape index (κ2) is 5.42. The first-order valence-electron chi connectivity index (χ1n) is 3.75. The predicted molar refractivity (Wildman–Crippen MR) is 50.2 cm³/mol. The first-order valence-corrected chi connectivity index (χ1v) is 5.15. The van der Waals surface area contributed by atoms with Gasteiger partial charge in [-0.1, -0.05) is 0 Å². The van der Waals surface area contributed by atoms with Gasteiger partial charge in [0.2, 0.25) is 0 Å². The molecule has 0 saturated heterocycles. The minimum atomic E-state index is 0.149. The molecule has 1 atom stereocenters. The summed E-state index contributed by atoms with van der Waals surface area (Å²) in [5.74, 6) is 0.149. The molecule has 0 aromatic carbocycles. The molecule has 0 aromatic rings. The van der Waals surface area contributed by atoms with E-state index in [0.29, 0.717) is 0 Å². The Labute approximate surface area is 77.1 Å². The second-order valence-electron chi connectivity index (χ2n) is 2.64. The van der Waals surface area contributed by atoms with Crippen molar-refractivity contribution >= 4 is 22.8 Å². The maximum absolute atomic E-state index is 11.3. The Morgan fingerprint density at radius 3 is 2.36 bits per heavy atom. The summed E-state index contributed by atoms with van der Waals surface area (Å²) in [7, 11) is 3.57. The minimum absolute atomic E-state index is 0.149. The molecule has 0 fully saturated rings. The van der Waals surface area contributed by atoms with Crippen LogP contribution in [0.25, 0.3) is 0 Å². The first-order chi connectivity index (χ1) is 5.13. The van der Waals surface area contributed by atoms with Gasteiger partial charge in [-0.2, -0.15) is 0 Å². The topological polar surface area (TPSA) is 20.3 Å². The zero-order valence-electron chi connectivity index (χ0n) is 7.42. The van der Waals surface area contributed by atoms with Gasteiger partial charge >= 0.3 is 76.8 Å². The molecule has 11 heavy (non-hydrogen) atoms. The van der Waals surface area contributed by atoms with Crippen LogP contribution in [0.5, 0.6) is 0 Å². The summed E-state index contributed by atoms with van der Waals surface area (Å²) >= 11 is 1.49. The van der Waals surface area contributed by atoms with Crippen LogP contribution in [0.3, 0.4) is 0 Å². The average Bonchev–Trinajstić information content (AvgIpc) is 1.98. The number of amides is 1. The van der Waals surface area contributed by atoms with Crippen molar-refractivity contribution in [3.63, 3.8) is 0 Å². The van der Waals surface area contributed by atoms with Crippen LogP contribution in [0, 0.1) is 0 Å². The Morgan fingerprint density at radius 2 is 2.09 bits per heavy atom. The molecule has 0 bridgehead atoms. The first kappa shape index (κ1) is 10.8. The molecule has 0 heterocycles. The number of rotatable bonds is 3. The molecule has 1 unspecified atom stereocenters. The van der Waals surface area contributed by atoms with Crippen molar-refractivity contribution in [2.45, 2.75) is 19.8 Å². The van der Waals surface area contributed by atoms with E-state index in [1.807, 2.05) is 4.86 Å².